The number of nitro benzene ring substituents is 3. The smallest absolute Gasteiger partial charge is 0.342 e. The van der Waals surface area contributed by atoms with Crippen LogP contribution in [0.1, 0.15) is 11.1 Å². The van der Waals surface area contributed by atoms with E-state index >= 15 is 0 Å². The molecule has 0 heterocycles. The molecule has 0 aromatic heterocycles. The van der Waals surface area contributed by atoms with E-state index in [1.165, 1.54) is 48.5 Å². The summed E-state index contributed by atoms with van der Waals surface area (Å²) < 4.78 is 39.3. The van der Waals surface area contributed by atoms with Gasteiger partial charge in [-0.05, 0) is 18.2 Å². The van der Waals surface area contributed by atoms with Crippen molar-refractivity contribution in [3.8, 4) is 0 Å². The molecule has 14 heteroatoms. The molecule has 0 unspecified atom stereocenters. The van der Waals surface area contributed by atoms with Gasteiger partial charge in [0.15, 0.2) is 5.69 Å². The van der Waals surface area contributed by atoms with Gasteiger partial charge in [-0.2, -0.15) is 13.2 Å². The van der Waals surface area contributed by atoms with Crippen LogP contribution in [0.5, 0.6) is 0 Å². The maximum Gasteiger partial charge on any atom is 0.416 e. The fraction of sp³-hybridized carbons (Fsp3) is 0.0500. The van der Waals surface area contributed by atoms with E-state index in [-0.39, 0.29) is 34.8 Å². The highest BCUT2D eigenvalue weighted by molar-refractivity contribution is 5.90. The van der Waals surface area contributed by atoms with Crippen molar-refractivity contribution >= 4 is 40.3 Å². The van der Waals surface area contributed by atoms with E-state index in [4.69, 9.17) is 0 Å². The first kappa shape index (κ1) is 23.8. The van der Waals surface area contributed by atoms with Crippen LogP contribution >= 0.6 is 0 Å². The molecule has 0 aliphatic carbocycles. The third kappa shape index (κ3) is 5.12. The topological polar surface area (TPSA) is 154 Å². The molecular weight excluding hydrogens is 463 g/mol. The van der Waals surface area contributed by atoms with Crippen LogP contribution in [0.4, 0.5) is 47.3 Å². The number of aliphatic imine (C=N–C) groups is 1. The van der Waals surface area contributed by atoms with Gasteiger partial charge >= 0.3 is 6.18 Å². The zero-order chi connectivity index (χ0) is 25.0. The summed E-state index contributed by atoms with van der Waals surface area (Å²) in [7, 11) is 0. The molecule has 3 aromatic rings. The van der Waals surface area contributed by atoms with Gasteiger partial charge in [0.1, 0.15) is 0 Å². The lowest BCUT2D eigenvalue weighted by Gasteiger charge is -2.12. The van der Waals surface area contributed by atoms with Crippen molar-refractivity contribution in [3.63, 3.8) is 0 Å². The standard InChI is InChI=1S/C20H12F3N5O6/c21-20(22,23)13-9-17(27(31)32)19(18(10-13)28(33)34)25-15-7-3-2-6-14(15)24-11-12-5-1-4-8-16(12)26(29)30/h1-11,25H. The van der Waals surface area contributed by atoms with Crippen molar-refractivity contribution in [1.82, 2.24) is 0 Å². The van der Waals surface area contributed by atoms with Gasteiger partial charge < -0.3 is 5.32 Å². The number of halogens is 3. The minimum Gasteiger partial charge on any atom is -0.342 e. The summed E-state index contributed by atoms with van der Waals surface area (Å²) in [6.07, 6.45) is -3.91. The predicted octanol–water partition coefficient (Wildman–Crippen LogP) is 5.92. The number of nitrogens with zero attached hydrogens (tertiary/aromatic N) is 4. The molecule has 0 saturated heterocycles. The summed E-state index contributed by atoms with van der Waals surface area (Å²) in [5.41, 5.74) is -4.75. The summed E-state index contributed by atoms with van der Waals surface area (Å²) >= 11 is 0. The molecule has 0 spiro atoms. The van der Waals surface area contributed by atoms with Gasteiger partial charge in [0.2, 0.25) is 0 Å². The Morgan fingerprint density at radius 3 is 1.88 bits per heavy atom. The van der Waals surface area contributed by atoms with Crippen molar-refractivity contribution in [1.29, 1.82) is 0 Å². The lowest BCUT2D eigenvalue weighted by molar-refractivity contribution is -0.392. The fourth-order valence-corrected chi connectivity index (χ4v) is 2.92. The second-order valence-corrected chi connectivity index (χ2v) is 6.62. The van der Waals surface area contributed by atoms with Crippen LogP contribution in [-0.2, 0) is 6.18 Å². The van der Waals surface area contributed by atoms with Gasteiger partial charge in [0, 0.05) is 24.4 Å². The normalized spacial score (nSPS) is 11.4. The quantitative estimate of drug-likeness (QED) is 0.252. The molecule has 1 N–H and O–H groups in total. The third-order valence-electron chi connectivity index (χ3n) is 4.46. The number of nitro groups is 3. The molecule has 3 rings (SSSR count). The Hall–Kier alpha value is -4.88. The number of benzene rings is 3. The SMILES string of the molecule is O=[N+]([O-])c1ccccc1C=Nc1ccccc1Nc1c([N+](=O)[O-])cc(C(F)(F)F)cc1[N+](=O)[O-]. The second-order valence-electron chi connectivity index (χ2n) is 6.62. The van der Waals surface area contributed by atoms with Crippen molar-refractivity contribution in [2.45, 2.75) is 6.18 Å². The van der Waals surface area contributed by atoms with Crippen molar-refractivity contribution in [3.05, 3.63) is 102 Å². The van der Waals surface area contributed by atoms with Crippen LogP contribution < -0.4 is 5.32 Å². The summed E-state index contributed by atoms with van der Waals surface area (Å²) in [4.78, 5) is 35.2. The van der Waals surface area contributed by atoms with Gasteiger partial charge in [-0.25, -0.2) is 0 Å². The van der Waals surface area contributed by atoms with E-state index in [1.54, 1.807) is 0 Å². The second kappa shape index (κ2) is 9.32. The molecule has 0 aliphatic heterocycles. The van der Waals surface area contributed by atoms with Gasteiger partial charge in [-0.3, -0.25) is 35.3 Å². The van der Waals surface area contributed by atoms with Gasteiger partial charge in [0.25, 0.3) is 17.1 Å². The molecule has 0 amide bonds. The minimum absolute atomic E-state index is 0.0247. The van der Waals surface area contributed by atoms with Crippen LogP contribution in [0.2, 0.25) is 0 Å². The Balaban J connectivity index is 2.11. The van der Waals surface area contributed by atoms with Crippen molar-refractivity contribution in [2.24, 2.45) is 4.99 Å². The Morgan fingerprint density at radius 1 is 0.794 bits per heavy atom. The van der Waals surface area contributed by atoms with Gasteiger partial charge in [-0.15, -0.1) is 0 Å². The number of alkyl halides is 3. The average Bonchev–Trinajstić information content (AvgIpc) is 2.77. The summed E-state index contributed by atoms with van der Waals surface area (Å²) in [5, 5.41) is 36.5. The molecular formula is C20H12F3N5O6. The molecule has 174 valence electrons. The monoisotopic (exact) mass is 475 g/mol. The van der Waals surface area contributed by atoms with E-state index in [0.29, 0.717) is 0 Å². The van der Waals surface area contributed by atoms with Crippen LogP contribution in [0.25, 0.3) is 0 Å². The average molecular weight is 475 g/mol. The minimum atomic E-state index is -5.05. The summed E-state index contributed by atoms with van der Waals surface area (Å²) in [6, 6.07) is 11.7. The van der Waals surface area contributed by atoms with E-state index in [2.05, 4.69) is 10.3 Å². The number of hydrogen-bond donors (Lipinski definition) is 1. The fourth-order valence-electron chi connectivity index (χ4n) is 2.92. The summed E-state index contributed by atoms with van der Waals surface area (Å²) in [5.74, 6) is 0. The third-order valence-corrected chi connectivity index (χ3v) is 4.46. The van der Waals surface area contributed by atoms with Gasteiger partial charge in [0.05, 0.1) is 37.3 Å². The number of rotatable bonds is 7. The number of nitrogens with one attached hydrogen (secondary N) is 1. The first-order valence-corrected chi connectivity index (χ1v) is 9.16. The van der Waals surface area contributed by atoms with Crippen LogP contribution in [-0.4, -0.2) is 21.0 Å². The predicted molar refractivity (Wildman–Crippen MR) is 115 cm³/mol. The lowest BCUT2D eigenvalue weighted by atomic mass is 10.1. The highest BCUT2D eigenvalue weighted by Crippen LogP contribution is 2.43. The number of para-hydroxylation sites is 3. The maximum atomic E-state index is 13.1. The zero-order valence-electron chi connectivity index (χ0n) is 16.7. The van der Waals surface area contributed by atoms with E-state index in [9.17, 15) is 43.5 Å². The zero-order valence-corrected chi connectivity index (χ0v) is 16.7. The molecule has 3 aromatic carbocycles. The molecule has 0 aliphatic rings. The van der Waals surface area contributed by atoms with E-state index < -0.39 is 43.6 Å². The maximum absolute atomic E-state index is 13.1. The molecule has 0 bridgehead atoms. The Labute approximate surface area is 187 Å². The van der Waals surface area contributed by atoms with E-state index in [0.717, 1.165) is 6.21 Å². The number of anilines is 2. The van der Waals surface area contributed by atoms with Crippen LogP contribution in [0.15, 0.2) is 65.7 Å². The molecule has 34 heavy (non-hydrogen) atoms. The van der Waals surface area contributed by atoms with Crippen LogP contribution in [0.3, 0.4) is 0 Å². The van der Waals surface area contributed by atoms with Crippen LogP contribution in [0, 0.1) is 30.3 Å². The first-order chi connectivity index (χ1) is 16.0. The highest BCUT2D eigenvalue weighted by Gasteiger charge is 2.37. The number of hydrogen-bond acceptors (Lipinski definition) is 8. The highest BCUT2D eigenvalue weighted by atomic mass is 19.4. The molecule has 0 saturated carbocycles. The first-order valence-electron chi connectivity index (χ1n) is 9.16. The summed E-state index contributed by atoms with van der Waals surface area (Å²) in [6.45, 7) is 0. The molecule has 11 nitrogen and oxygen atoms in total. The molecule has 0 atom stereocenters. The Kier molecular flexibility index (Phi) is 6.51. The van der Waals surface area contributed by atoms with Gasteiger partial charge in [-0.1, -0.05) is 24.3 Å². The molecule has 0 fully saturated rings. The van der Waals surface area contributed by atoms with E-state index in [1.807, 2.05) is 0 Å². The lowest BCUT2D eigenvalue weighted by Crippen LogP contribution is -2.09. The Bertz CT molecular complexity index is 1290. The largest absolute Gasteiger partial charge is 0.416 e. The Morgan fingerprint density at radius 2 is 1.32 bits per heavy atom. The molecule has 0 radical (unpaired) electrons. The van der Waals surface area contributed by atoms with Crippen molar-refractivity contribution in [2.75, 3.05) is 5.32 Å². The van der Waals surface area contributed by atoms with Crippen molar-refractivity contribution < 1.29 is 27.9 Å².